The maximum absolute atomic E-state index is 4.70. The van der Waals surface area contributed by atoms with Gasteiger partial charge in [-0.05, 0) is 46.9 Å². The molecule has 2 rings (SSSR count). The SMILES string of the molecule is CCCCSc1nc2ccccc2cc1I. The van der Waals surface area contributed by atoms with Crippen LogP contribution < -0.4 is 0 Å². The lowest BCUT2D eigenvalue weighted by Gasteiger charge is -2.05. The highest BCUT2D eigenvalue weighted by atomic mass is 127. The minimum Gasteiger partial charge on any atom is -0.240 e. The third kappa shape index (κ3) is 2.88. The summed E-state index contributed by atoms with van der Waals surface area (Å²) in [5.41, 5.74) is 1.10. The summed E-state index contributed by atoms with van der Waals surface area (Å²) in [5, 5.41) is 2.40. The van der Waals surface area contributed by atoms with Gasteiger partial charge in [0.15, 0.2) is 0 Å². The van der Waals surface area contributed by atoms with E-state index in [2.05, 4.69) is 53.8 Å². The van der Waals surface area contributed by atoms with Crippen molar-refractivity contribution in [1.82, 2.24) is 4.98 Å². The average Bonchev–Trinajstić information content (AvgIpc) is 2.30. The van der Waals surface area contributed by atoms with E-state index in [-0.39, 0.29) is 0 Å². The lowest BCUT2D eigenvalue weighted by molar-refractivity contribution is 0.894. The van der Waals surface area contributed by atoms with E-state index in [1.54, 1.807) is 0 Å². The van der Waals surface area contributed by atoms with Crippen molar-refractivity contribution in [2.24, 2.45) is 0 Å². The Balaban J connectivity index is 2.27. The van der Waals surface area contributed by atoms with Gasteiger partial charge in [0.1, 0.15) is 5.03 Å². The highest BCUT2D eigenvalue weighted by Crippen LogP contribution is 2.26. The number of fused-ring (bicyclic) bond motifs is 1. The smallest absolute Gasteiger partial charge is 0.110 e. The molecule has 0 aliphatic rings. The average molecular weight is 343 g/mol. The molecular weight excluding hydrogens is 329 g/mol. The highest BCUT2D eigenvalue weighted by Gasteiger charge is 2.04. The predicted molar refractivity (Wildman–Crippen MR) is 80.1 cm³/mol. The van der Waals surface area contributed by atoms with Crippen LogP contribution in [0.15, 0.2) is 35.4 Å². The number of unbranched alkanes of at least 4 members (excludes halogenated alkanes) is 1. The number of benzene rings is 1. The molecule has 3 heteroatoms. The van der Waals surface area contributed by atoms with Gasteiger partial charge in [0.05, 0.1) is 5.52 Å². The van der Waals surface area contributed by atoms with Crippen LogP contribution in [-0.2, 0) is 0 Å². The molecule has 0 spiro atoms. The van der Waals surface area contributed by atoms with Gasteiger partial charge in [-0.25, -0.2) is 4.98 Å². The van der Waals surface area contributed by atoms with Gasteiger partial charge in [0.25, 0.3) is 0 Å². The molecule has 0 unspecified atom stereocenters. The Bertz CT molecular complexity index is 484. The summed E-state index contributed by atoms with van der Waals surface area (Å²) in [6.45, 7) is 2.22. The Morgan fingerprint density at radius 3 is 2.94 bits per heavy atom. The molecule has 0 aliphatic heterocycles. The van der Waals surface area contributed by atoms with Crippen LogP contribution in [0.2, 0.25) is 0 Å². The maximum Gasteiger partial charge on any atom is 0.110 e. The molecule has 0 radical (unpaired) electrons. The summed E-state index contributed by atoms with van der Waals surface area (Å²) in [5.74, 6) is 1.16. The minimum atomic E-state index is 1.10. The molecule has 2 aromatic rings. The van der Waals surface area contributed by atoms with Crippen LogP contribution in [0.1, 0.15) is 19.8 Å². The Hall–Kier alpha value is -0.290. The molecule has 84 valence electrons. The molecule has 0 amide bonds. The van der Waals surface area contributed by atoms with Crippen molar-refractivity contribution in [3.63, 3.8) is 0 Å². The van der Waals surface area contributed by atoms with Crippen LogP contribution in [0.3, 0.4) is 0 Å². The zero-order valence-corrected chi connectivity index (χ0v) is 12.2. The Morgan fingerprint density at radius 1 is 1.31 bits per heavy atom. The molecule has 0 aliphatic carbocycles. The van der Waals surface area contributed by atoms with Gasteiger partial charge in [0, 0.05) is 8.96 Å². The van der Waals surface area contributed by atoms with Gasteiger partial charge in [0.2, 0.25) is 0 Å². The van der Waals surface area contributed by atoms with Gasteiger partial charge >= 0.3 is 0 Å². The molecule has 16 heavy (non-hydrogen) atoms. The van der Waals surface area contributed by atoms with Crippen molar-refractivity contribution in [3.05, 3.63) is 33.9 Å². The minimum absolute atomic E-state index is 1.10. The lowest BCUT2D eigenvalue weighted by Crippen LogP contribution is -1.89. The Kier molecular flexibility index (Phi) is 4.46. The number of hydrogen-bond donors (Lipinski definition) is 0. The lowest BCUT2D eigenvalue weighted by atomic mass is 10.2. The molecule has 1 nitrogen and oxygen atoms in total. The van der Waals surface area contributed by atoms with Gasteiger partial charge in [-0.15, -0.1) is 11.8 Å². The molecular formula is C13H14INS. The van der Waals surface area contributed by atoms with Crippen LogP contribution in [0.5, 0.6) is 0 Å². The quantitative estimate of drug-likeness (QED) is 0.452. The molecule has 0 N–H and O–H groups in total. The van der Waals surface area contributed by atoms with Crippen LogP contribution in [0.4, 0.5) is 0 Å². The van der Waals surface area contributed by atoms with Crippen molar-refractivity contribution < 1.29 is 0 Å². The van der Waals surface area contributed by atoms with Crippen LogP contribution in [-0.4, -0.2) is 10.7 Å². The predicted octanol–water partition coefficient (Wildman–Crippen LogP) is 4.73. The molecule has 0 saturated heterocycles. The molecule has 0 atom stereocenters. The second kappa shape index (κ2) is 5.87. The number of pyridine rings is 1. The molecule has 0 fully saturated rings. The van der Waals surface area contributed by atoms with Crippen LogP contribution in [0.25, 0.3) is 10.9 Å². The first-order valence-corrected chi connectivity index (χ1v) is 7.56. The topological polar surface area (TPSA) is 12.9 Å². The van der Waals surface area contributed by atoms with Gasteiger partial charge in [-0.2, -0.15) is 0 Å². The zero-order chi connectivity index (χ0) is 11.4. The fraction of sp³-hybridized carbons (Fsp3) is 0.308. The van der Waals surface area contributed by atoms with E-state index in [1.807, 2.05) is 17.8 Å². The number of hydrogen-bond acceptors (Lipinski definition) is 2. The van der Waals surface area contributed by atoms with Crippen LogP contribution in [0, 0.1) is 3.57 Å². The number of thioether (sulfide) groups is 1. The fourth-order valence-electron chi connectivity index (χ4n) is 1.49. The van der Waals surface area contributed by atoms with E-state index in [0.29, 0.717) is 0 Å². The zero-order valence-electron chi connectivity index (χ0n) is 9.24. The van der Waals surface area contributed by atoms with E-state index in [4.69, 9.17) is 4.98 Å². The monoisotopic (exact) mass is 343 g/mol. The number of nitrogens with zero attached hydrogens (tertiary/aromatic N) is 1. The Labute approximate surface area is 114 Å². The second-order valence-electron chi connectivity index (χ2n) is 3.67. The van der Waals surface area contributed by atoms with E-state index in [0.717, 1.165) is 11.3 Å². The van der Waals surface area contributed by atoms with E-state index in [9.17, 15) is 0 Å². The summed E-state index contributed by atoms with van der Waals surface area (Å²) >= 11 is 4.24. The first-order valence-electron chi connectivity index (χ1n) is 5.49. The summed E-state index contributed by atoms with van der Waals surface area (Å²) in [6.07, 6.45) is 2.51. The Morgan fingerprint density at radius 2 is 2.12 bits per heavy atom. The number of rotatable bonds is 4. The highest BCUT2D eigenvalue weighted by molar-refractivity contribution is 14.1. The summed E-state index contributed by atoms with van der Waals surface area (Å²) in [7, 11) is 0. The normalized spacial score (nSPS) is 10.9. The largest absolute Gasteiger partial charge is 0.240 e. The van der Waals surface area contributed by atoms with E-state index >= 15 is 0 Å². The fourth-order valence-corrected chi connectivity index (χ4v) is 3.40. The van der Waals surface area contributed by atoms with E-state index in [1.165, 1.54) is 26.8 Å². The van der Waals surface area contributed by atoms with Gasteiger partial charge in [-0.3, -0.25) is 0 Å². The number of halogens is 1. The third-order valence-electron chi connectivity index (χ3n) is 2.38. The van der Waals surface area contributed by atoms with Gasteiger partial charge in [-0.1, -0.05) is 31.5 Å². The molecule has 1 aromatic carbocycles. The molecule has 0 saturated carbocycles. The van der Waals surface area contributed by atoms with Gasteiger partial charge < -0.3 is 0 Å². The van der Waals surface area contributed by atoms with Crippen LogP contribution >= 0.6 is 34.4 Å². The first kappa shape index (κ1) is 12.2. The molecule has 0 bridgehead atoms. The van der Waals surface area contributed by atoms with Crippen molar-refractivity contribution in [2.75, 3.05) is 5.75 Å². The maximum atomic E-state index is 4.70. The first-order chi connectivity index (χ1) is 7.81. The third-order valence-corrected chi connectivity index (χ3v) is 4.65. The number of para-hydroxylation sites is 1. The number of aromatic nitrogens is 1. The summed E-state index contributed by atoms with van der Waals surface area (Å²) in [6, 6.07) is 10.5. The summed E-state index contributed by atoms with van der Waals surface area (Å²) < 4.78 is 1.26. The standard InChI is InChI=1S/C13H14INS/c1-2-3-8-16-13-11(14)9-10-6-4-5-7-12(10)15-13/h4-7,9H,2-3,8H2,1H3. The van der Waals surface area contributed by atoms with E-state index < -0.39 is 0 Å². The molecule has 1 aromatic heterocycles. The van der Waals surface area contributed by atoms with Crippen molar-refractivity contribution in [3.8, 4) is 0 Å². The summed E-state index contributed by atoms with van der Waals surface area (Å²) in [4.78, 5) is 4.70. The van der Waals surface area contributed by atoms with Crippen molar-refractivity contribution >= 4 is 45.3 Å². The van der Waals surface area contributed by atoms with Crippen molar-refractivity contribution in [1.29, 1.82) is 0 Å². The van der Waals surface area contributed by atoms with Crippen molar-refractivity contribution in [2.45, 2.75) is 24.8 Å². The molecule has 1 heterocycles. The second-order valence-corrected chi connectivity index (χ2v) is 5.92.